The Labute approximate surface area is 322 Å². The zero-order valence-electron chi connectivity index (χ0n) is 29.8. The van der Waals surface area contributed by atoms with Crippen molar-refractivity contribution in [2.45, 2.75) is 0 Å². The lowest BCUT2D eigenvalue weighted by molar-refractivity contribution is 0.669. The topological polar surface area (TPSA) is 16.4 Å². The minimum absolute atomic E-state index is 0.899. The molecule has 0 spiro atoms. The summed E-state index contributed by atoms with van der Waals surface area (Å²) in [6.45, 7) is 0. The van der Waals surface area contributed by atoms with Crippen LogP contribution in [0.15, 0.2) is 205 Å². The van der Waals surface area contributed by atoms with E-state index >= 15 is 0 Å². The highest BCUT2D eigenvalue weighted by Gasteiger charge is 2.20. The van der Waals surface area contributed by atoms with E-state index in [1.165, 1.54) is 42.1 Å². The second-order valence-electron chi connectivity index (χ2n) is 14.1. The van der Waals surface area contributed by atoms with Crippen molar-refractivity contribution in [1.29, 1.82) is 0 Å². The van der Waals surface area contributed by atoms with Gasteiger partial charge in [0.25, 0.3) is 0 Å². The fourth-order valence-corrected chi connectivity index (χ4v) is 9.25. The summed E-state index contributed by atoms with van der Waals surface area (Å²) < 4.78 is 8.95. The molecule has 0 fully saturated rings. The number of nitrogens with zero attached hydrogens (tertiary/aromatic N) is 1. The molecule has 0 radical (unpaired) electrons. The van der Waals surface area contributed by atoms with Crippen LogP contribution < -0.4 is 4.90 Å². The first-order valence-corrected chi connectivity index (χ1v) is 19.5. The molecule has 0 atom stereocenters. The van der Waals surface area contributed by atoms with Crippen LogP contribution in [0.2, 0.25) is 0 Å². The first-order valence-electron chi connectivity index (χ1n) is 18.7. The molecule has 258 valence electrons. The fourth-order valence-electron chi connectivity index (χ4n) is 8.12. The van der Waals surface area contributed by atoms with Gasteiger partial charge in [-0.05, 0) is 105 Å². The lowest BCUT2D eigenvalue weighted by atomic mass is 9.95. The Morgan fingerprint density at radius 3 is 1.76 bits per heavy atom. The van der Waals surface area contributed by atoms with Gasteiger partial charge in [-0.2, -0.15) is 0 Å². The number of furan rings is 1. The zero-order chi connectivity index (χ0) is 36.3. The molecule has 0 unspecified atom stereocenters. The van der Waals surface area contributed by atoms with Gasteiger partial charge in [0.05, 0.1) is 5.69 Å². The summed E-state index contributed by atoms with van der Waals surface area (Å²) in [5.74, 6) is 0. The molecule has 0 N–H and O–H groups in total. The Kier molecular flexibility index (Phi) is 7.39. The predicted molar refractivity (Wildman–Crippen MR) is 235 cm³/mol. The molecule has 11 aromatic rings. The first kappa shape index (κ1) is 31.6. The summed E-state index contributed by atoms with van der Waals surface area (Å²) in [6, 6.07) is 72.4. The van der Waals surface area contributed by atoms with Crippen molar-refractivity contribution < 1.29 is 4.42 Å². The van der Waals surface area contributed by atoms with Crippen LogP contribution >= 0.6 is 11.3 Å². The number of anilines is 3. The second kappa shape index (κ2) is 12.9. The maximum Gasteiger partial charge on any atom is 0.136 e. The van der Waals surface area contributed by atoms with E-state index in [2.05, 4.69) is 205 Å². The van der Waals surface area contributed by atoms with Crippen LogP contribution in [0.25, 0.3) is 86.3 Å². The SMILES string of the molecule is c1ccc(-c2ccc(N(c3ccc4c(c3)sc3ccccc34)c3ccc(-c4ccc5oc6cc7ccccc7cc6c5c4)cc3-c3ccccc3)cc2)cc1. The normalized spacial score (nSPS) is 11.6. The monoisotopic (exact) mass is 719 g/mol. The van der Waals surface area contributed by atoms with Gasteiger partial charge in [0.2, 0.25) is 0 Å². The quantitative estimate of drug-likeness (QED) is 0.170. The van der Waals surface area contributed by atoms with Crippen molar-refractivity contribution in [1.82, 2.24) is 0 Å². The van der Waals surface area contributed by atoms with Crippen molar-refractivity contribution in [3.63, 3.8) is 0 Å². The van der Waals surface area contributed by atoms with E-state index in [4.69, 9.17) is 4.42 Å². The molecule has 0 saturated heterocycles. The fraction of sp³-hybridized carbons (Fsp3) is 0. The summed E-state index contributed by atoms with van der Waals surface area (Å²) in [7, 11) is 0. The zero-order valence-corrected chi connectivity index (χ0v) is 30.6. The summed E-state index contributed by atoms with van der Waals surface area (Å²) in [5, 5.41) is 7.25. The van der Waals surface area contributed by atoms with E-state index in [-0.39, 0.29) is 0 Å². The minimum Gasteiger partial charge on any atom is -0.456 e. The molecule has 2 aromatic heterocycles. The van der Waals surface area contributed by atoms with Gasteiger partial charge in [-0.25, -0.2) is 0 Å². The van der Waals surface area contributed by atoms with Crippen molar-refractivity contribution in [3.8, 4) is 33.4 Å². The molecule has 0 aliphatic carbocycles. The van der Waals surface area contributed by atoms with Crippen molar-refractivity contribution >= 4 is 81.3 Å². The average molecular weight is 720 g/mol. The molecule has 0 amide bonds. The third-order valence-electron chi connectivity index (χ3n) is 10.8. The van der Waals surface area contributed by atoms with Crippen LogP contribution in [0.5, 0.6) is 0 Å². The van der Waals surface area contributed by atoms with Crippen LogP contribution in [0.4, 0.5) is 17.1 Å². The molecular weight excluding hydrogens is 687 g/mol. The average Bonchev–Trinajstić information content (AvgIpc) is 3.81. The molecule has 2 heterocycles. The Hall–Kier alpha value is -6.94. The highest BCUT2D eigenvalue weighted by Crippen LogP contribution is 2.46. The van der Waals surface area contributed by atoms with Crippen LogP contribution in [0, 0.1) is 0 Å². The summed E-state index contributed by atoms with van der Waals surface area (Å²) in [4.78, 5) is 2.42. The lowest BCUT2D eigenvalue weighted by Gasteiger charge is -2.28. The third kappa shape index (κ3) is 5.48. The van der Waals surface area contributed by atoms with Gasteiger partial charge in [-0.1, -0.05) is 133 Å². The van der Waals surface area contributed by atoms with E-state index in [0.717, 1.165) is 61.3 Å². The summed E-state index contributed by atoms with van der Waals surface area (Å²) >= 11 is 1.85. The summed E-state index contributed by atoms with van der Waals surface area (Å²) in [5.41, 5.74) is 12.2. The number of fused-ring (bicyclic) bond motifs is 7. The van der Waals surface area contributed by atoms with E-state index in [0.29, 0.717) is 0 Å². The highest BCUT2D eigenvalue weighted by molar-refractivity contribution is 7.25. The molecule has 0 saturated carbocycles. The number of hydrogen-bond acceptors (Lipinski definition) is 3. The van der Waals surface area contributed by atoms with Gasteiger partial charge < -0.3 is 9.32 Å². The molecule has 11 rings (SSSR count). The van der Waals surface area contributed by atoms with Crippen LogP contribution in [0.1, 0.15) is 0 Å². The van der Waals surface area contributed by atoms with Gasteiger partial charge in [-0.3, -0.25) is 0 Å². The molecule has 0 bridgehead atoms. The molecule has 55 heavy (non-hydrogen) atoms. The molecule has 2 nitrogen and oxygen atoms in total. The Morgan fingerprint density at radius 2 is 0.945 bits per heavy atom. The van der Waals surface area contributed by atoms with E-state index in [1.807, 2.05) is 11.3 Å². The smallest absolute Gasteiger partial charge is 0.136 e. The maximum absolute atomic E-state index is 6.37. The first-order chi connectivity index (χ1) is 27.2. The van der Waals surface area contributed by atoms with Crippen molar-refractivity contribution in [2.75, 3.05) is 4.90 Å². The highest BCUT2D eigenvalue weighted by atomic mass is 32.1. The predicted octanol–water partition coefficient (Wildman–Crippen LogP) is 15.6. The van der Waals surface area contributed by atoms with Crippen molar-refractivity contribution in [3.05, 3.63) is 200 Å². The lowest BCUT2D eigenvalue weighted by Crippen LogP contribution is -2.11. The Balaban J connectivity index is 1.10. The largest absolute Gasteiger partial charge is 0.456 e. The van der Waals surface area contributed by atoms with Gasteiger partial charge in [0, 0.05) is 47.9 Å². The van der Waals surface area contributed by atoms with E-state index in [1.54, 1.807) is 0 Å². The molecule has 0 aliphatic heterocycles. The molecule has 9 aromatic carbocycles. The second-order valence-corrected chi connectivity index (χ2v) is 15.2. The third-order valence-corrected chi connectivity index (χ3v) is 12.0. The van der Waals surface area contributed by atoms with Gasteiger partial charge >= 0.3 is 0 Å². The van der Waals surface area contributed by atoms with Gasteiger partial charge in [0.1, 0.15) is 11.2 Å². The van der Waals surface area contributed by atoms with Crippen molar-refractivity contribution in [2.24, 2.45) is 0 Å². The van der Waals surface area contributed by atoms with E-state index < -0.39 is 0 Å². The van der Waals surface area contributed by atoms with Crippen LogP contribution in [-0.4, -0.2) is 0 Å². The Bertz CT molecular complexity index is 3190. The maximum atomic E-state index is 6.37. The number of rotatable bonds is 6. The number of hydrogen-bond donors (Lipinski definition) is 0. The standard InChI is InChI=1S/C52H33NOS/c1-3-11-34(12-4-1)35-19-23-41(24-20-35)53(42-25-26-44-43-17-9-10-18-51(43)55-52(44)33-42)48-27-21-39(29-45(48)36-13-5-2-6-14-36)40-22-28-49-46(31-40)47-30-37-15-7-8-16-38(37)32-50(47)54-49/h1-33H. The molecule has 3 heteroatoms. The molecule has 0 aliphatic rings. The Morgan fingerprint density at radius 1 is 0.345 bits per heavy atom. The van der Waals surface area contributed by atoms with Crippen LogP contribution in [0.3, 0.4) is 0 Å². The number of thiophene rings is 1. The van der Waals surface area contributed by atoms with Crippen LogP contribution in [-0.2, 0) is 0 Å². The van der Waals surface area contributed by atoms with Gasteiger partial charge in [-0.15, -0.1) is 11.3 Å². The summed E-state index contributed by atoms with van der Waals surface area (Å²) in [6.07, 6.45) is 0. The van der Waals surface area contributed by atoms with E-state index in [9.17, 15) is 0 Å². The molecular formula is C52H33NOS. The van der Waals surface area contributed by atoms with Gasteiger partial charge in [0.15, 0.2) is 0 Å². The minimum atomic E-state index is 0.899. The number of benzene rings is 9.